The lowest BCUT2D eigenvalue weighted by molar-refractivity contribution is 0.477. The van der Waals surface area contributed by atoms with Gasteiger partial charge in [0, 0.05) is 11.1 Å². The fraction of sp³-hybridized carbons (Fsp3) is 0. The molecule has 4 rings (SSSR count). The van der Waals surface area contributed by atoms with E-state index in [4.69, 9.17) is 0 Å². The van der Waals surface area contributed by atoms with Gasteiger partial charge < -0.3 is 5.11 Å². The maximum absolute atomic E-state index is 14.2. The molecule has 1 heterocycles. The first-order valence-corrected chi connectivity index (χ1v) is 7.67. The molecule has 0 bridgehead atoms. The molecular weight excluding hydrogens is 319 g/mol. The van der Waals surface area contributed by atoms with Gasteiger partial charge in [-0.25, -0.2) is 4.39 Å². The van der Waals surface area contributed by atoms with E-state index >= 15 is 0 Å². The van der Waals surface area contributed by atoms with Gasteiger partial charge >= 0.3 is 0 Å². The van der Waals surface area contributed by atoms with Gasteiger partial charge in [0.05, 0.1) is 0 Å². The lowest BCUT2D eigenvalue weighted by atomic mass is 9.98. The van der Waals surface area contributed by atoms with Gasteiger partial charge in [0.2, 0.25) is 0 Å². The number of tetrazole rings is 1. The highest BCUT2D eigenvalue weighted by atomic mass is 19.1. The van der Waals surface area contributed by atoms with Gasteiger partial charge in [-0.15, -0.1) is 5.10 Å². The molecular formula is C19H13FN4O. The van der Waals surface area contributed by atoms with Gasteiger partial charge in [0.1, 0.15) is 17.3 Å². The second-order valence-corrected chi connectivity index (χ2v) is 5.43. The third-order valence-corrected chi connectivity index (χ3v) is 3.91. The van der Waals surface area contributed by atoms with Gasteiger partial charge in [-0.3, -0.25) is 0 Å². The first kappa shape index (κ1) is 15.0. The summed E-state index contributed by atoms with van der Waals surface area (Å²) < 4.78 is 15.5. The standard InChI is InChI=1S/C19H13FN4O/c20-16-10-4-5-11-17(16)24-19(21-22-23-24)15-9-2-1-7-13(15)14-8-3-6-12-18(14)25/h1-12,25H. The van der Waals surface area contributed by atoms with Crippen molar-refractivity contribution in [3.05, 3.63) is 78.6 Å². The summed E-state index contributed by atoms with van der Waals surface area (Å²) in [6.45, 7) is 0. The minimum absolute atomic E-state index is 0.153. The number of hydrogen-bond acceptors (Lipinski definition) is 4. The summed E-state index contributed by atoms with van der Waals surface area (Å²) in [5, 5.41) is 21.9. The van der Waals surface area contributed by atoms with Crippen LogP contribution in [0.15, 0.2) is 72.8 Å². The highest BCUT2D eigenvalue weighted by Crippen LogP contribution is 2.36. The molecule has 0 amide bonds. The summed E-state index contributed by atoms with van der Waals surface area (Å²) in [5.41, 5.74) is 2.36. The molecule has 0 spiro atoms. The zero-order chi connectivity index (χ0) is 17.2. The maximum atomic E-state index is 14.2. The minimum atomic E-state index is -0.420. The smallest absolute Gasteiger partial charge is 0.187 e. The molecule has 1 aromatic heterocycles. The van der Waals surface area contributed by atoms with Crippen LogP contribution in [0.2, 0.25) is 0 Å². The Kier molecular flexibility index (Phi) is 3.70. The van der Waals surface area contributed by atoms with E-state index in [1.54, 1.807) is 30.3 Å². The number of phenolic OH excluding ortho intramolecular Hbond substituents is 1. The molecule has 0 radical (unpaired) electrons. The van der Waals surface area contributed by atoms with Crippen molar-refractivity contribution in [3.8, 4) is 34.0 Å². The fourth-order valence-electron chi connectivity index (χ4n) is 2.76. The third kappa shape index (κ3) is 2.63. The Morgan fingerprint density at radius 3 is 2.16 bits per heavy atom. The number of aromatic nitrogens is 4. The molecule has 0 saturated carbocycles. The normalized spacial score (nSPS) is 10.8. The quantitative estimate of drug-likeness (QED) is 0.619. The van der Waals surface area contributed by atoms with E-state index in [2.05, 4.69) is 15.5 Å². The SMILES string of the molecule is Oc1ccccc1-c1ccccc1-c1nnnn1-c1ccccc1F. The average Bonchev–Trinajstić information content (AvgIpc) is 3.12. The first-order chi connectivity index (χ1) is 12.3. The average molecular weight is 332 g/mol. The summed E-state index contributed by atoms with van der Waals surface area (Å²) in [7, 11) is 0. The largest absolute Gasteiger partial charge is 0.507 e. The molecule has 0 unspecified atom stereocenters. The molecule has 0 aliphatic heterocycles. The number of nitrogens with zero attached hydrogens (tertiary/aromatic N) is 4. The van der Waals surface area contributed by atoms with E-state index in [1.807, 2.05) is 36.4 Å². The van der Waals surface area contributed by atoms with Crippen LogP contribution in [-0.2, 0) is 0 Å². The van der Waals surface area contributed by atoms with Crippen molar-refractivity contribution in [1.29, 1.82) is 0 Å². The number of benzene rings is 3. The van der Waals surface area contributed by atoms with Crippen LogP contribution in [-0.4, -0.2) is 25.3 Å². The van der Waals surface area contributed by atoms with E-state index in [9.17, 15) is 9.50 Å². The number of aromatic hydroxyl groups is 1. The molecule has 0 saturated heterocycles. The van der Waals surface area contributed by atoms with Crippen molar-refractivity contribution in [1.82, 2.24) is 20.2 Å². The first-order valence-electron chi connectivity index (χ1n) is 7.67. The molecule has 122 valence electrons. The van der Waals surface area contributed by atoms with Crippen molar-refractivity contribution in [2.75, 3.05) is 0 Å². The van der Waals surface area contributed by atoms with Gasteiger partial charge in [0.25, 0.3) is 0 Å². The van der Waals surface area contributed by atoms with Gasteiger partial charge in [-0.05, 0) is 34.2 Å². The van der Waals surface area contributed by atoms with Crippen LogP contribution in [0.3, 0.4) is 0 Å². The molecule has 0 fully saturated rings. The minimum Gasteiger partial charge on any atom is -0.507 e. The van der Waals surface area contributed by atoms with Crippen LogP contribution in [0, 0.1) is 5.82 Å². The summed E-state index contributed by atoms with van der Waals surface area (Å²) >= 11 is 0. The van der Waals surface area contributed by atoms with E-state index in [-0.39, 0.29) is 11.4 Å². The Labute approximate surface area is 143 Å². The van der Waals surface area contributed by atoms with Crippen LogP contribution >= 0.6 is 0 Å². The van der Waals surface area contributed by atoms with Crippen molar-refractivity contribution < 1.29 is 9.50 Å². The van der Waals surface area contributed by atoms with Crippen LogP contribution in [0.4, 0.5) is 4.39 Å². The van der Waals surface area contributed by atoms with Gasteiger partial charge in [-0.1, -0.05) is 54.6 Å². The second-order valence-electron chi connectivity index (χ2n) is 5.43. The molecule has 6 heteroatoms. The Morgan fingerprint density at radius 1 is 0.760 bits per heavy atom. The highest BCUT2D eigenvalue weighted by molar-refractivity contribution is 5.83. The lowest BCUT2D eigenvalue weighted by Gasteiger charge is -2.11. The highest BCUT2D eigenvalue weighted by Gasteiger charge is 2.18. The predicted molar refractivity (Wildman–Crippen MR) is 91.6 cm³/mol. The van der Waals surface area contributed by atoms with Crippen molar-refractivity contribution in [2.24, 2.45) is 0 Å². The molecule has 5 nitrogen and oxygen atoms in total. The maximum Gasteiger partial charge on any atom is 0.187 e. The third-order valence-electron chi connectivity index (χ3n) is 3.91. The van der Waals surface area contributed by atoms with Gasteiger partial charge in [0.15, 0.2) is 5.82 Å². The monoisotopic (exact) mass is 332 g/mol. The second kappa shape index (κ2) is 6.16. The van der Waals surface area contributed by atoms with Crippen LogP contribution < -0.4 is 0 Å². The van der Waals surface area contributed by atoms with E-state index < -0.39 is 5.82 Å². The van der Waals surface area contributed by atoms with E-state index in [0.717, 1.165) is 5.56 Å². The lowest BCUT2D eigenvalue weighted by Crippen LogP contribution is -2.03. The molecule has 4 aromatic rings. The van der Waals surface area contributed by atoms with E-state index in [0.29, 0.717) is 17.0 Å². The zero-order valence-electron chi connectivity index (χ0n) is 13.0. The van der Waals surface area contributed by atoms with Crippen LogP contribution in [0.5, 0.6) is 5.75 Å². The molecule has 25 heavy (non-hydrogen) atoms. The summed E-state index contributed by atoms with van der Waals surface area (Å²) in [5.74, 6) is 0.125. The molecule has 3 aromatic carbocycles. The number of halogens is 1. The number of para-hydroxylation sites is 2. The topological polar surface area (TPSA) is 63.8 Å². The predicted octanol–water partition coefficient (Wildman–Crippen LogP) is 3.84. The summed E-state index contributed by atoms with van der Waals surface area (Å²) in [6.07, 6.45) is 0. The van der Waals surface area contributed by atoms with Crippen molar-refractivity contribution >= 4 is 0 Å². The summed E-state index contributed by atoms with van der Waals surface area (Å²) in [4.78, 5) is 0. The Bertz CT molecular complexity index is 1040. The fourth-order valence-corrected chi connectivity index (χ4v) is 2.76. The van der Waals surface area contributed by atoms with Crippen molar-refractivity contribution in [2.45, 2.75) is 0 Å². The van der Waals surface area contributed by atoms with E-state index in [1.165, 1.54) is 10.7 Å². The van der Waals surface area contributed by atoms with Crippen LogP contribution in [0.25, 0.3) is 28.2 Å². The Hall–Kier alpha value is -3.54. The molecule has 0 aliphatic rings. The van der Waals surface area contributed by atoms with Gasteiger partial charge in [-0.2, -0.15) is 4.68 Å². The summed E-state index contributed by atoms with van der Waals surface area (Å²) in [6, 6.07) is 20.7. The number of rotatable bonds is 3. The molecule has 0 aliphatic carbocycles. The number of phenols is 1. The molecule has 1 N–H and O–H groups in total. The van der Waals surface area contributed by atoms with Crippen LogP contribution in [0.1, 0.15) is 0 Å². The zero-order valence-corrected chi connectivity index (χ0v) is 13.0. The van der Waals surface area contributed by atoms with Crippen molar-refractivity contribution in [3.63, 3.8) is 0 Å². The number of hydrogen-bond donors (Lipinski definition) is 1. The molecule has 0 atom stereocenters. The Morgan fingerprint density at radius 2 is 1.40 bits per heavy atom. The Balaban J connectivity index is 1.93.